The van der Waals surface area contributed by atoms with Crippen molar-refractivity contribution in [1.29, 1.82) is 0 Å². The Labute approximate surface area is 140 Å². The molecule has 0 bridgehead atoms. The molecule has 0 unspecified atom stereocenters. The number of nitrogens with zero attached hydrogens (tertiary/aromatic N) is 1. The van der Waals surface area contributed by atoms with Gasteiger partial charge in [0.1, 0.15) is 0 Å². The monoisotopic (exact) mass is 342 g/mol. The van der Waals surface area contributed by atoms with Crippen molar-refractivity contribution in [3.8, 4) is 0 Å². The highest BCUT2D eigenvalue weighted by Crippen LogP contribution is 2.18. The number of hydrogen-bond donors (Lipinski definition) is 2. The second-order valence-electron chi connectivity index (χ2n) is 6.16. The van der Waals surface area contributed by atoms with E-state index in [1.54, 1.807) is 13.8 Å². The summed E-state index contributed by atoms with van der Waals surface area (Å²) in [6, 6.07) is 2.89. The van der Waals surface area contributed by atoms with Crippen molar-refractivity contribution < 1.29 is 14.7 Å². The second kappa shape index (κ2) is 8.72. The SMILES string of the molecule is CC(C)(Cn1cc(Cl)ccc1=O)C(=O)NCCCCCC(=O)O. The fraction of sp³-hybridized carbons (Fsp3) is 0.562. The lowest BCUT2D eigenvalue weighted by Gasteiger charge is -2.24. The van der Waals surface area contributed by atoms with Crippen LogP contribution in [-0.2, 0) is 16.1 Å². The third-order valence-corrected chi connectivity index (χ3v) is 3.70. The van der Waals surface area contributed by atoms with E-state index in [-0.39, 0.29) is 24.4 Å². The molecule has 0 aromatic carbocycles. The third kappa shape index (κ3) is 6.86. The van der Waals surface area contributed by atoms with Crippen LogP contribution in [0.2, 0.25) is 5.02 Å². The Kier molecular flexibility index (Phi) is 7.29. The number of rotatable bonds is 9. The zero-order valence-corrected chi connectivity index (χ0v) is 14.2. The van der Waals surface area contributed by atoms with Gasteiger partial charge in [0.15, 0.2) is 0 Å². The molecular weight excluding hydrogens is 320 g/mol. The molecular formula is C16H23ClN2O4. The van der Waals surface area contributed by atoms with Crippen LogP contribution >= 0.6 is 11.6 Å². The molecule has 0 aliphatic rings. The number of pyridine rings is 1. The van der Waals surface area contributed by atoms with Gasteiger partial charge in [-0.2, -0.15) is 0 Å². The van der Waals surface area contributed by atoms with Gasteiger partial charge < -0.3 is 15.0 Å². The predicted molar refractivity (Wildman–Crippen MR) is 88.6 cm³/mol. The van der Waals surface area contributed by atoms with E-state index in [1.165, 1.54) is 22.9 Å². The first-order valence-electron chi connectivity index (χ1n) is 7.58. The number of carboxylic acids is 1. The molecule has 2 N–H and O–H groups in total. The van der Waals surface area contributed by atoms with Gasteiger partial charge in [-0.3, -0.25) is 14.4 Å². The minimum absolute atomic E-state index is 0.150. The first kappa shape index (κ1) is 19.2. The van der Waals surface area contributed by atoms with Crippen LogP contribution < -0.4 is 10.9 Å². The molecule has 1 rings (SSSR count). The first-order chi connectivity index (χ1) is 10.7. The number of carbonyl (C=O) groups excluding carboxylic acids is 1. The van der Waals surface area contributed by atoms with Crippen LogP contribution in [-0.4, -0.2) is 28.1 Å². The number of aromatic nitrogens is 1. The Morgan fingerprint density at radius 2 is 1.96 bits per heavy atom. The maximum absolute atomic E-state index is 12.3. The maximum Gasteiger partial charge on any atom is 0.303 e. The lowest BCUT2D eigenvalue weighted by Crippen LogP contribution is -2.41. The molecule has 0 radical (unpaired) electrons. The van der Waals surface area contributed by atoms with Crippen LogP contribution in [0.25, 0.3) is 0 Å². The van der Waals surface area contributed by atoms with Crippen molar-refractivity contribution in [3.63, 3.8) is 0 Å². The van der Waals surface area contributed by atoms with Gasteiger partial charge >= 0.3 is 5.97 Å². The van der Waals surface area contributed by atoms with Crippen LogP contribution in [0, 0.1) is 5.41 Å². The number of halogens is 1. The number of hydrogen-bond acceptors (Lipinski definition) is 3. The summed E-state index contributed by atoms with van der Waals surface area (Å²) in [5.74, 6) is -0.954. The molecule has 1 aromatic rings. The predicted octanol–water partition coefficient (Wildman–Crippen LogP) is 2.29. The molecule has 1 aromatic heterocycles. The van der Waals surface area contributed by atoms with Crippen molar-refractivity contribution >= 4 is 23.5 Å². The lowest BCUT2D eigenvalue weighted by atomic mass is 9.92. The fourth-order valence-electron chi connectivity index (χ4n) is 2.14. The average molecular weight is 343 g/mol. The summed E-state index contributed by atoms with van der Waals surface area (Å²) in [5.41, 5.74) is -0.959. The highest BCUT2D eigenvalue weighted by atomic mass is 35.5. The highest BCUT2D eigenvalue weighted by molar-refractivity contribution is 6.30. The quantitative estimate of drug-likeness (QED) is 0.674. The first-order valence-corrected chi connectivity index (χ1v) is 7.96. The van der Waals surface area contributed by atoms with Gasteiger partial charge in [0, 0.05) is 31.8 Å². The molecule has 0 saturated carbocycles. The van der Waals surface area contributed by atoms with Crippen LogP contribution in [0.1, 0.15) is 39.5 Å². The molecule has 0 aliphatic carbocycles. The number of aliphatic carboxylic acids is 1. The van der Waals surface area contributed by atoms with Crippen LogP contribution in [0.5, 0.6) is 0 Å². The van der Waals surface area contributed by atoms with Crippen LogP contribution in [0.4, 0.5) is 0 Å². The molecule has 6 nitrogen and oxygen atoms in total. The average Bonchev–Trinajstić information content (AvgIpc) is 2.45. The summed E-state index contributed by atoms with van der Waals surface area (Å²) in [7, 11) is 0. The fourth-order valence-corrected chi connectivity index (χ4v) is 2.32. The van der Waals surface area contributed by atoms with Crippen molar-refractivity contribution in [2.75, 3.05) is 6.54 Å². The van der Waals surface area contributed by atoms with Gasteiger partial charge in [-0.05, 0) is 32.8 Å². The van der Waals surface area contributed by atoms with E-state index < -0.39 is 11.4 Å². The van der Waals surface area contributed by atoms with Crippen LogP contribution in [0.15, 0.2) is 23.1 Å². The van der Waals surface area contributed by atoms with Gasteiger partial charge in [-0.15, -0.1) is 0 Å². The van der Waals surface area contributed by atoms with Gasteiger partial charge in [0.2, 0.25) is 5.91 Å². The second-order valence-corrected chi connectivity index (χ2v) is 6.59. The molecule has 0 spiro atoms. The number of amides is 1. The summed E-state index contributed by atoms with van der Waals surface area (Å²) in [6.07, 6.45) is 3.75. The summed E-state index contributed by atoms with van der Waals surface area (Å²) in [4.78, 5) is 34.4. The lowest BCUT2D eigenvalue weighted by molar-refractivity contribution is -0.137. The minimum atomic E-state index is -0.804. The molecule has 7 heteroatoms. The third-order valence-electron chi connectivity index (χ3n) is 3.48. The van der Waals surface area contributed by atoms with Gasteiger partial charge in [-0.1, -0.05) is 18.0 Å². The Morgan fingerprint density at radius 1 is 1.26 bits per heavy atom. The highest BCUT2D eigenvalue weighted by Gasteiger charge is 2.28. The van der Waals surface area contributed by atoms with E-state index in [2.05, 4.69) is 5.32 Å². The van der Waals surface area contributed by atoms with Crippen LogP contribution in [0.3, 0.4) is 0 Å². The molecule has 0 fully saturated rings. The van der Waals surface area contributed by atoms with E-state index in [0.717, 1.165) is 12.8 Å². The zero-order chi connectivity index (χ0) is 17.5. The Bertz CT molecular complexity index is 610. The summed E-state index contributed by atoms with van der Waals surface area (Å²) >= 11 is 5.88. The molecule has 0 aliphatic heterocycles. The number of carbonyl (C=O) groups is 2. The summed E-state index contributed by atoms with van der Waals surface area (Å²) in [6.45, 7) is 4.25. The topological polar surface area (TPSA) is 88.4 Å². The Balaban J connectivity index is 2.46. The maximum atomic E-state index is 12.3. The van der Waals surface area contributed by atoms with E-state index in [1.807, 2.05) is 0 Å². The van der Waals surface area contributed by atoms with E-state index in [9.17, 15) is 14.4 Å². The molecule has 0 atom stereocenters. The standard InChI is InChI=1S/C16H23ClN2O4/c1-16(2,11-19-10-12(17)7-8-13(19)20)15(23)18-9-5-3-4-6-14(21)22/h7-8,10H,3-6,9,11H2,1-2H3,(H,18,23)(H,21,22). The van der Waals surface area contributed by atoms with E-state index >= 15 is 0 Å². The molecule has 1 heterocycles. The zero-order valence-electron chi connectivity index (χ0n) is 13.5. The van der Waals surface area contributed by atoms with Crippen molar-refractivity contribution in [3.05, 3.63) is 33.7 Å². The van der Waals surface area contributed by atoms with Gasteiger partial charge in [0.05, 0.1) is 10.4 Å². The van der Waals surface area contributed by atoms with E-state index in [4.69, 9.17) is 16.7 Å². The minimum Gasteiger partial charge on any atom is -0.481 e. The molecule has 1 amide bonds. The van der Waals surface area contributed by atoms with Crippen molar-refractivity contribution in [2.24, 2.45) is 5.41 Å². The Hall–Kier alpha value is -1.82. The molecule has 128 valence electrons. The Morgan fingerprint density at radius 3 is 2.61 bits per heavy atom. The number of carboxylic acid groups (broad SMARTS) is 1. The van der Waals surface area contributed by atoms with Gasteiger partial charge in [-0.25, -0.2) is 0 Å². The molecule has 0 saturated heterocycles. The largest absolute Gasteiger partial charge is 0.481 e. The summed E-state index contributed by atoms with van der Waals surface area (Å²) < 4.78 is 1.43. The smallest absolute Gasteiger partial charge is 0.303 e. The van der Waals surface area contributed by atoms with Crippen molar-refractivity contribution in [1.82, 2.24) is 9.88 Å². The van der Waals surface area contributed by atoms with E-state index in [0.29, 0.717) is 18.0 Å². The molecule has 23 heavy (non-hydrogen) atoms. The number of unbranched alkanes of at least 4 members (excludes halogenated alkanes) is 2. The summed E-state index contributed by atoms with van der Waals surface area (Å²) in [5, 5.41) is 11.8. The normalized spacial score (nSPS) is 11.3. The number of nitrogens with one attached hydrogen (secondary N) is 1. The van der Waals surface area contributed by atoms with Gasteiger partial charge in [0.25, 0.3) is 5.56 Å². The van der Waals surface area contributed by atoms with Crippen molar-refractivity contribution in [2.45, 2.75) is 46.1 Å².